The van der Waals surface area contributed by atoms with Gasteiger partial charge in [-0.15, -0.1) is 0 Å². The van der Waals surface area contributed by atoms with Gasteiger partial charge in [-0.1, -0.05) is 22.9 Å². The molecule has 4 rings (SSSR count). The second-order valence-corrected chi connectivity index (χ2v) is 8.84. The van der Waals surface area contributed by atoms with E-state index in [-0.39, 0.29) is 11.6 Å². The Balaban J connectivity index is 1.72. The summed E-state index contributed by atoms with van der Waals surface area (Å²) in [6, 6.07) is 11.3. The standard InChI is InChI=1S/C22H20ClN5O3S/c1-13-12-14(2)27(25-13)11-10-26(21(29)16-4-6-17(7-5-16)28(30)31)22-24-20-15(3)18(23)8-9-19(20)32-22/h4-9,12H,10-11H2,1-3H3. The number of carbonyl (C=O) groups is 1. The van der Waals surface area contributed by atoms with Crippen LogP contribution in [-0.4, -0.2) is 32.1 Å². The van der Waals surface area contributed by atoms with Crippen molar-refractivity contribution in [1.29, 1.82) is 0 Å². The van der Waals surface area contributed by atoms with E-state index in [0.29, 0.717) is 28.8 Å². The first-order valence-corrected chi connectivity index (χ1v) is 11.1. The lowest BCUT2D eigenvalue weighted by molar-refractivity contribution is -0.384. The quantitative estimate of drug-likeness (QED) is 0.281. The molecule has 0 radical (unpaired) electrons. The number of halogens is 1. The minimum Gasteiger partial charge on any atom is -0.282 e. The lowest BCUT2D eigenvalue weighted by Gasteiger charge is -2.20. The first-order valence-electron chi connectivity index (χ1n) is 9.87. The zero-order valence-corrected chi connectivity index (χ0v) is 19.3. The summed E-state index contributed by atoms with van der Waals surface area (Å²) in [7, 11) is 0. The van der Waals surface area contributed by atoms with Crippen LogP contribution in [0.5, 0.6) is 0 Å². The van der Waals surface area contributed by atoms with Gasteiger partial charge < -0.3 is 0 Å². The maximum Gasteiger partial charge on any atom is 0.269 e. The lowest BCUT2D eigenvalue weighted by atomic mass is 10.2. The number of thiazole rings is 1. The molecule has 0 aliphatic rings. The van der Waals surface area contributed by atoms with Crippen LogP contribution in [0.1, 0.15) is 27.3 Å². The average molecular weight is 470 g/mol. The summed E-state index contributed by atoms with van der Waals surface area (Å²) in [5.74, 6) is -0.288. The van der Waals surface area contributed by atoms with Crippen LogP contribution in [0.25, 0.3) is 10.2 Å². The lowest BCUT2D eigenvalue weighted by Crippen LogP contribution is -2.34. The molecule has 2 aromatic heterocycles. The zero-order valence-electron chi connectivity index (χ0n) is 17.7. The topological polar surface area (TPSA) is 94.2 Å². The van der Waals surface area contributed by atoms with Crippen molar-refractivity contribution in [2.75, 3.05) is 11.4 Å². The highest BCUT2D eigenvalue weighted by Gasteiger charge is 2.23. The van der Waals surface area contributed by atoms with Crippen LogP contribution in [0, 0.1) is 30.9 Å². The third-order valence-corrected chi connectivity index (χ3v) is 6.63. The van der Waals surface area contributed by atoms with E-state index in [1.807, 2.05) is 43.7 Å². The summed E-state index contributed by atoms with van der Waals surface area (Å²) in [6.45, 7) is 6.60. The number of benzene rings is 2. The Bertz CT molecular complexity index is 1330. The average Bonchev–Trinajstić information content (AvgIpc) is 3.34. The fraction of sp³-hybridized carbons (Fsp3) is 0.227. The maximum absolute atomic E-state index is 13.4. The van der Waals surface area contributed by atoms with Crippen molar-refractivity contribution in [3.8, 4) is 0 Å². The minimum atomic E-state index is -0.491. The molecule has 0 fully saturated rings. The molecule has 1 amide bonds. The molecule has 0 N–H and O–H groups in total. The number of aryl methyl sites for hydroxylation is 3. The fourth-order valence-electron chi connectivity index (χ4n) is 3.47. The Morgan fingerprint density at radius 3 is 2.53 bits per heavy atom. The van der Waals surface area contributed by atoms with Gasteiger partial charge in [-0.2, -0.15) is 5.10 Å². The smallest absolute Gasteiger partial charge is 0.269 e. The predicted octanol–water partition coefficient (Wildman–Crippen LogP) is 5.33. The van der Waals surface area contributed by atoms with Crippen molar-refractivity contribution in [2.24, 2.45) is 0 Å². The van der Waals surface area contributed by atoms with Crippen molar-refractivity contribution in [1.82, 2.24) is 14.8 Å². The summed E-state index contributed by atoms with van der Waals surface area (Å²) in [5, 5.41) is 16.6. The number of rotatable bonds is 6. The number of aromatic nitrogens is 3. The second-order valence-electron chi connectivity index (χ2n) is 7.43. The first kappa shape index (κ1) is 21.9. The van der Waals surface area contributed by atoms with Gasteiger partial charge in [0.15, 0.2) is 5.13 Å². The largest absolute Gasteiger partial charge is 0.282 e. The van der Waals surface area contributed by atoms with Gasteiger partial charge in [-0.05, 0) is 56.7 Å². The van der Waals surface area contributed by atoms with Crippen LogP contribution >= 0.6 is 22.9 Å². The molecule has 0 atom stereocenters. The molecule has 8 nitrogen and oxygen atoms in total. The van der Waals surface area contributed by atoms with E-state index in [1.54, 1.807) is 4.90 Å². The molecule has 0 saturated heterocycles. The van der Waals surface area contributed by atoms with Crippen LogP contribution in [0.15, 0.2) is 42.5 Å². The molecular formula is C22H20ClN5O3S. The number of nitro groups is 1. The molecular weight excluding hydrogens is 450 g/mol. The highest BCUT2D eigenvalue weighted by molar-refractivity contribution is 7.22. The Hall–Kier alpha value is -3.30. The zero-order chi connectivity index (χ0) is 23.0. The highest BCUT2D eigenvalue weighted by Crippen LogP contribution is 2.34. The van der Waals surface area contributed by atoms with Gasteiger partial charge in [0.2, 0.25) is 0 Å². The van der Waals surface area contributed by atoms with E-state index in [9.17, 15) is 14.9 Å². The van der Waals surface area contributed by atoms with Gasteiger partial charge in [-0.3, -0.25) is 24.5 Å². The number of nitro benzene ring substituents is 1. The van der Waals surface area contributed by atoms with Crippen molar-refractivity contribution in [2.45, 2.75) is 27.3 Å². The van der Waals surface area contributed by atoms with Crippen molar-refractivity contribution >= 4 is 49.9 Å². The van der Waals surface area contributed by atoms with Crippen molar-refractivity contribution < 1.29 is 9.72 Å². The van der Waals surface area contributed by atoms with Gasteiger partial charge in [0, 0.05) is 35.0 Å². The van der Waals surface area contributed by atoms with E-state index in [0.717, 1.165) is 27.2 Å². The van der Waals surface area contributed by atoms with Crippen LogP contribution in [0.3, 0.4) is 0 Å². The van der Waals surface area contributed by atoms with Crippen LogP contribution < -0.4 is 4.90 Å². The molecule has 2 heterocycles. The number of anilines is 1. The summed E-state index contributed by atoms with van der Waals surface area (Å²) in [6.07, 6.45) is 0. The van der Waals surface area contributed by atoms with Crippen molar-refractivity contribution in [3.63, 3.8) is 0 Å². The minimum absolute atomic E-state index is 0.0685. The molecule has 0 aliphatic carbocycles. The van der Waals surface area contributed by atoms with Gasteiger partial charge in [-0.25, -0.2) is 4.98 Å². The number of hydrogen-bond acceptors (Lipinski definition) is 6. The molecule has 164 valence electrons. The Kier molecular flexibility index (Phi) is 5.94. The van der Waals surface area contributed by atoms with E-state index < -0.39 is 4.92 Å². The van der Waals surface area contributed by atoms with Gasteiger partial charge >= 0.3 is 0 Å². The molecule has 0 unspecified atom stereocenters. The second kappa shape index (κ2) is 8.68. The number of fused-ring (bicyclic) bond motifs is 1. The summed E-state index contributed by atoms with van der Waals surface area (Å²) in [5.41, 5.74) is 3.79. The summed E-state index contributed by atoms with van der Waals surface area (Å²) < 4.78 is 2.77. The molecule has 4 aromatic rings. The third-order valence-electron chi connectivity index (χ3n) is 5.18. The Morgan fingerprint density at radius 2 is 1.91 bits per heavy atom. The highest BCUT2D eigenvalue weighted by atomic mass is 35.5. The van der Waals surface area contributed by atoms with Gasteiger partial charge in [0.1, 0.15) is 0 Å². The number of carbonyl (C=O) groups excluding carboxylic acids is 1. The van der Waals surface area contributed by atoms with Gasteiger partial charge in [0.05, 0.1) is 27.4 Å². The van der Waals surface area contributed by atoms with E-state index >= 15 is 0 Å². The Morgan fingerprint density at radius 1 is 1.19 bits per heavy atom. The van der Waals surface area contributed by atoms with Gasteiger partial charge in [0.25, 0.3) is 11.6 Å². The molecule has 2 aromatic carbocycles. The van der Waals surface area contributed by atoms with E-state index in [1.165, 1.54) is 35.6 Å². The molecule has 10 heteroatoms. The maximum atomic E-state index is 13.4. The number of hydrogen-bond donors (Lipinski definition) is 0. The van der Waals surface area contributed by atoms with Crippen LogP contribution in [0.4, 0.5) is 10.8 Å². The SMILES string of the molecule is Cc1cc(C)n(CCN(C(=O)c2ccc([N+](=O)[O-])cc2)c2nc3c(C)c(Cl)ccc3s2)n1. The molecule has 0 spiro atoms. The molecule has 0 saturated carbocycles. The molecule has 32 heavy (non-hydrogen) atoms. The molecule has 0 aliphatic heterocycles. The fourth-order valence-corrected chi connectivity index (χ4v) is 4.67. The normalized spacial score (nSPS) is 11.1. The third kappa shape index (κ3) is 4.21. The van der Waals surface area contributed by atoms with Crippen LogP contribution in [-0.2, 0) is 6.54 Å². The summed E-state index contributed by atoms with van der Waals surface area (Å²) >= 11 is 7.65. The van der Waals surface area contributed by atoms with Crippen LogP contribution in [0.2, 0.25) is 5.02 Å². The first-order chi connectivity index (χ1) is 15.2. The van der Waals surface area contributed by atoms with E-state index in [4.69, 9.17) is 16.6 Å². The number of nitrogens with zero attached hydrogens (tertiary/aromatic N) is 5. The Labute approximate surface area is 193 Å². The number of non-ortho nitro benzene ring substituents is 1. The predicted molar refractivity (Wildman–Crippen MR) is 126 cm³/mol. The number of amides is 1. The van der Waals surface area contributed by atoms with Crippen molar-refractivity contribution in [3.05, 3.63) is 80.1 Å². The summed E-state index contributed by atoms with van der Waals surface area (Å²) in [4.78, 5) is 30.2. The van der Waals surface area contributed by atoms with E-state index in [2.05, 4.69) is 5.10 Å². The monoisotopic (exact) mass is 469 g/mol. The molecule has 0 bridgehead atoms.